The summed E-state index contributed by atoms with van der Waals surface area (Å²) in [6.07, 6.45) is 2.39. The van der Waals surface area contributed by atoms with Crippen LogP contribution in [0, 0.1) is 12.8 Å². The second kappa shape index (κ2) is 5.05. The van der Waals surface area contributed by atoms with Crippen molar-refractivity contribution in [1.29, 1.82) is 0 Å². The molecule has 1 fully saturated rings. The average Bonchev–Trinajstić information content (AvgIpc) is 2.65. The van der Waals surface area contributed by atoms with Crippen LogP contribution in [0.5, 0.6) is 0 Å². The molecule has 2 rings (SSSR count). The van der Waals surface area contributed by atoms with E-state index in [-0.39, 0.29) is 6.10 Å². The van der Waals surface area contributed by atoms with Gasteiger partial charge >= 0.3 is 0 Å². The number of nitrogens with zero attached hydrogens (tertiary/aromatic N) is 1. The molecule has 0 spiro atoms. The van der Waals surface area contributed by atoms with Crippen LogP contribution in [0.3, 0.4) is 0 Å². The molecule has 0 aromatic carbocycles. The van der Waals surface area contributed by atoms with E-state index in [0.717, 1.165) is 36.8 Å². The van der Waals surface area contributed by atoms with Crippen molar-refractivity contribution in [2.24, 2.45) is 5.92 Å². The molecule has 1 aromatic heterocycles. The van der Waals surface area contributed by atoms with Gasteiger partial charge in [-0.3, -0.25) is 0 Å². The summed E-state index contributed by atoms with van der Waals surface area (Å²) in [5.74, 6) is 0.390. The maximum Gasteiger partial charge on any atom is 0.0897 e. The van der Waals surface area contributed by atoms with E-state index in [9.17, 15) is 5.11 Å². The molecule has 2 heterocycles. The van der Waals surface area contributed by atoms with E-state index in [1.807, 2.05) is 12.3 Å². The Labute approximate surface area is 94.1 Å². The number of thiazole rings is 1. The van der Waals surface area contributed by atoms with Gasteiger partial charge in [0.25, 0.3) is 0 Å². The Morgan fingerprint density at radius 3 is 2.93 bits per heavy atom. The van der Waals surface area contributed by atoms with Crippen LogP contribution in [0.15, 0.2) is 5.38 Å². The molecule has 1 unspecified atom stereocenters. The van der Waals surface area contributed by atoms with Crippen LogP contribution < -0.4 is 0 Å². The van der Waals surface area contributed by atoms with Crippen molar-refractivity contribution in [3.8, 4) is 0 Å². The third kappa shape index (κ3) is 3.00. The maximum absolute atomic E-state index is 10.0. The van der Waals surface area contributed by atoms with Crippen LogP contribution in [0.1, 0.15) is 23.5 Å². The lowest BCUT2D eigenvalue weighted by molar-refractivity contribution is 0.00810. The Bertz CT molecular complexity index is 307. The number of aliphatic hydroxyl groups excluding tert-OH is 1. The largest absolute Gasteiger partial charge is 0.392 e. The number of aromatic nitrogens is 1. The fraction of sp³-hybridized carbons (Fsp3) is 0.727. The Morgan fingerprint density at radius 2 is 2.33 bits per heavy atom. The van der Waals surface area contributed by atoms with E-state index in [1.165, 1.54) is 0 Å². The summed E-state index contributed by atoms with van der Waals surface area (Å²) >= 11 is 1.65. The van der Waals surface area contributed by atoms with Crippen molar-refractivity contribution in [3.63, 3.8) is 0 Å². The van der Waals surface area contributed by atoms with Crippen LogP contribution in [0.25, 0.3) is 0 Å². The second-order valence-electron chi connectivity index (χ2n) is 4.08. The summed E-state index contributed by atoms with van der Waals surface area (Å²) in [5.41, 5.74) is 1.02. The van der Waals surface area contributed by atoms with Gasteiger partial charge in [0, 0.05) is 25.0 Å². The van der Waals surface area contributed by atoms with Crippen LogP contribution in [0.4, 0.5) is 0 Å². The Kier molecular flexibility index (Phi) is 3.72. The highest BCUT2D eigenvalue weighted by Gasteiger charge is 2.22. The molecule has 1 aliphatic rings. The molecular formula is C11H17NO2S. The molecule has 0 radical (unpaired) electrons. The van der Waals surface area contributed by atoms with Crippen LogP contribution in [-0.2, 0) is 11.2 Å². The summed E-state index contributed by atoms with van der Waals surface area (Å²) in [5, 5.41) is 13.2. The molecule has 4 heteroatoms. The van der Waals surface area contributed by atoms with Gasteiger partial charge in [-0.25, -0.2) is 4.98 Å². The summed E-state index contributed by atoms with van der Waals surface area (Å²) in [6, 6.07) is 0. The zero-order valence-electron chi connectivity index (χ0n) is 8.98. The first-order valence-electron chi connectivity index (χ1n) is 5.42. The van der Waals surface area contributed by atoms with Gasteiger partial charge in [-0.1, -0.05) is 0 Å². The van der Waals surface area contributed by atoms with Gasteiger partial charge in [-0.2, -0.15) is 0 Å². The Morgan fingerprint density at radius 1 is 1.60 bits per heavy atom. The minimum atomic E-state index is -0.254. The number of aryl methyl sites for hydroxylation is 1. The van der Waals surface area contributed by atoms with E-state index in [4.69, 9.17) is 4.74 Å². The van der Waals surface area contributed by atoms with E-state index in [2.05, 4.69) is 4.98 Å². The fourth-order valence-electron chi connectivity index (χ4n) is 1.98. The molecule has 15 heavy (non-hydrogen) atoms. The average molecular weight is 227 g/mol. The molecule has 0 aliphatic carbocycles. The SMILES string of the molecule is Cc1nc(CC(O)C2CCOCC2)cs1. The van der Waals surface area contributed by atoms with Gasteiger partial charge in [-0.15, -0.1) is 11.3 Å². The first-order chi connectivity index (χ1) is 7.25. The molecule has 1 aliphatic heterocycles. The molecule has 0 bridgehead atoms. The fourth-order valence-corrected chi connectivity index (χ4v) is 2.61. The lowest BCUT2D eigenvalue weighted by Crippen LogP contribution is -2.28. The van der Waals surface area contributed by atoms with Crippen molar-refractivity contribution >= 4 is 11.3 Å². The molecule has 1 N–H and O–H groups in total. The van der Waals surface area contributed by atoms with Gasteiger partial charge in [-0.05, 0) is 25.7 Å². The minimum absolute atomic E-state index is 0.254. The van der Waals surface area contributed by atoms with Crippen molar-refractivity contribution in [1.82, 2.24) is 4.98 Å². The Hall–Kier alpha value is -0.450. The number of ether oxygens (including phenoxy) is 1. The van der Waals surface area contributed by atoms with E-state index >= 15 is 0 Å². The summed E-state index contributed by atoms with van der Waals surface area (Å²) in [6.45, 7) is 3.57. The molecule has 1 saturated heterocycles. The van der Waals surface area contributed by atoms with Gasteiger partial charge in [0.15, 0.2) is 0 Å². The lowest BCUT2D eigenvalue weighted by atomic mass is 9.91. The maximum atomic E-state index is 10.0. The molecule has 1 aromatic rings. The topological polar surface area (TPSA) is 42.4 Å². The minimum Gasteiger partial charge on any atom is -0.392 e. The van der Waals surface area contributed by atoms with Crippen LogP contribution in [-0.4, -0.2) is 29.4 Å². The zero-order chi connectivity index (χ0) is 10.7. The van der Waals surface area contributed by atoms with Gasteiger partial charge in [0.05, 0.1) is 16.8 Å². The summed E-state index contributed by atoms with van der Waals surface area (Å²) in [4.78, 5) is 4.37. The number of hydrogen-bond acceptors (Lipinski definition) is 4. The first-order valence-corrected chi connectivity index (χ1v) is 6.30. The quantitative estimate of drug-likeness (QED) is 0.856. The monoisotopic (exact) mass is 227 g/mol. The van der Waals surface area contributed by atoms with Crippen LogP contribution in [0.2, 0.25) is 0 Å². The number of aliphatic hydroxyl groups is 1. The molecule has 84 valence electrons. The highest BCUT2D eigenvalue weighted by molar-refractivity contribution is 7.09. The molecular weight excluding hydrogens is 210 g/mol. The van der Waals surface area contributed by atoms with Crippen molar-refractivity contribution in [2.75, 3.05) is 13.2 Å². The van der Waals surface area contributed by atoms with Gasteiger partial charge < -0.3 is 9.84 Å². The second-order valence-corrected chi connectivity index (χ2v) is 5.14. The van der Waals surface area contributed by atoms with E-state index in [0.29, 0.717) is 12.3 Å². The van der Waals surface area contributed by atoms with E-state index in [1.54, 1.807) is 11.3 Å². The van der Waals surface area contributed by atoms with Crippen molar-refractivity contribution in [3.05, 3.63) is 16.1 Å². The first kappa shape index (κ1) is 11.0. The van der Waals surface area contributed by atoms with Crippen molar-refractivity contribution < 1.29 is 9.84 Å². The summed E-state index contributed by atoms with van der Waals surface area (Å²) in [7, 11) is 0. The normalized spacial score (nSPS) is 20.4. The zero-order valence-corrected chi connectivity index (χ0v) is 9.80. The predicted molar refractivity (Wildman–Crippen MR) is 60.1 cm³/mol. The van der Waals surface area contributed by atoms with Gasteiger partial charge in [0.1, 0.15) is 0 Å². The molecule has 0 saturated carbocycles. The third-order valence-electron chi connectivity index (χ3n) is 2.89. The molecule has 0 amide bonds. The molecule has 1 atom stereocenters. The molecule has 3 nitrogen and oxygen atoms in total. The Balaban J connectivity index is 1.88. The van der Waals surface area contributed by atoms with E-state index < -0.39 is 0 Å². The lowest BCUT2D eigenvalue weighted by Gasteiger charge is -2.26. The predicted octanol–water partition coefficient (Wildman–Crippen LogP) is 1.78. The van der Waals surface area contributed by atoms with Gasteiger partial charge in [0.2, 0.25) is 0 Å². The summed E-state index contributed by atoms with van der Waals surface area (Å²) < 4.78 is 5.28. The highest BCUT2D eigenvalue weighted by Crippen LogP contribution is 2.21. The van der Waals surface area contributed by atoms with Crippen molar-refractivity contribution in [2.45, 2.75) is 32.3 Å². The number of hydrogen-bond donors (Lipinski definition) is 1. The third-order valence-corrected chi connectivity index (χ3v) is 3.72. The highest BCUT2D eigenvalue weighted by atomic mass is 32.1. The standard InChI is InChI=1S/C11H17NO2S/c1-8-12-10(7-15-8)6-11(13)9-2-4-14-5-3-9/h7,9,11,13H,2-6H2,1H3. The number of rotatable bonds is 3. The smallest absolute Gasteiger partial charge is 0.0897 e. The van der Waals surface area contributed by atoms with Crippen LogP contribution >= 0.6 is 11.3 Å².